The number of aromatic carboxylic acids is 1. The van der Waals surface area contributed by atoms with Crippen LogP contribution < -0.4 is 0 Å². The monoisotopic (exact) mass is 386 g/mol. The van der Waals surface area contributed by atoms with Crippen LogP contribution in [0.1, 0.15) is 45.9 Å². The smallest absolute Gasteiger partial charge is 0.336 e. The third kappa shape index (κ3) is 3.41. The van der Waals surface area contributed by atoms with E-state index in [-0.39, 0.29) is 5.56 Å². The van der Waals surface area contributed by atoms with Crippen molar-refractivity contribution in [3.05, 3.63) is 94.9 Å². The molecule has 4 aromatic rings. The van der Waals surface area contributed by atoms with Crippen LogP contribution in [0.25, 0.3) is 16.8 Å². The second kappa shape index (κ2) is 7.53. The quantitative estimate of drug-likeness (QED) is 0.523. The van der Waals surface area contributed by atoms with Crippen molar-refractivity contribution in [2.24, 2.45) is 0 Å². The van der Waals surface area contributed by atoms with E-state index in [0.29, 0.717) is 16.8 Å². The van der Waals surface area contributed by atoms with Crippen LogP contribution in [-0.2, 0) is 6.42 Å². The van der Waals surface area contributed by atoms with Gasteiger partial charge in [0.25, 0.3) is 0 Å². The van der Waals surface area contributed by atoms with E-state index in [0.717, 1.165) is 28.9 Å². The van der Waals surface area contributed by atoms with Crippen LogP contribution in [0.2, 0.25) is 0 Å². The Bertz CT molecular complexity index is 1200. The highest BCUT2D eigenvalue weighted by atomic mass is 16.4. The first-order valence-corrected chi connectivity index (χ1v) is 9.57. The first kappa shape index (κ1) is 18.9. The fourth-order valence-electron chi connectivity index (χ4n) is 3.68. The minimum Gasteiger partial charge on any atom is -0.478 e. The van der Waals surface area contributed by atoms with Gasteiger partial charge < -0.3 is 14.6 Å². The highest BCUT2D eigenvalue weighted by Crippen LogP contribution is 2.31. The Labute approximate surface area is 168 Å². The van der Waals surface area contributed by atoms with Gasteiger partial charge in [0.05, 0.1) is 17.0 Å². The van der Waals surface area contributed by atoms with Crippen molar-refractivity contribution in [1.82, 2.24) is 9.38 Å². The van der Waals surface area contributed by atoms with Gasteiger partial charge in [0.15, 0.2) is 0 Å². The molecule has 0 aliphatic carbocycles. The summed E-state index contributed by atoms with van der Waals surface area (Å²) in [6.07, 6.45) is 1.75. The second-order valence-corrected chi connectivity index (χ2v) is 7.09. The van der Waals surface area contributed by atoms with Crippen molar-refractivity contribution in [3.63, 3.8) is 0 Å². The number of aryl methyl sites for hydroxylation is 2. The van der Waals surface area contributed by atoms with Crippen molar-refractivity contribution in [2.75, 3.05) is 0 Å². The molecule has 0 amide bonds. The number of nitrogens with zero attached hydrogens (tertiary/aromatic N) is 2. The molecule has 4 rings (SSSR count). The predicted molar refractivity (Wildman–Crippen MR) is 112 cm³/mol. The van der Waals surface area contributed by atoms with Crippen LogP contribution in [-0.4, -0.2) is 25.6 Å². The van der Waals surface area contributed by atoms with Crippen LogP contribution in [0.15, 0.2) is 66.9 Å². The van der Waals surface area contributed by atoms with Gasteiger partial charge in [0.1, 0.15) is 11.8 Å². The molecule has 29 heavy (non-hydrogen) atoms. The van der Waals surface area contributed by atoms with Crippen molar-refractivity contribution >= 4 is 11.6 Å². The fourth-order valence-corrected chi connectivity index (χ4v) is 3.68. The molecule has 0 bridgehead atoms. The maximum atomic E-state index is 11.9. The summed E-state index contributed by atoms with van der Waals surface area (Å²) in [5.41, 5.74) is 5.45. The van der Waals surface area contributed by atoms with Crippen LogP contribution in [0.5, 0.6) is 0 Å². The minimum absolute atomic E-state index is 0.164. The van der Waals surface area contributed by atoms with Gasteiger partial charge in [-0.2, -0.15) is 0 Å². The molecule has 0 aliphatic rings. The van der Waals surface area contributed by atoms with E-state index in [9.17, 15) is 15.0 Å². The lowest BCUT2D eigenvalue weighted by Crippen LogP contribution is -2.10. The molecule has 0 aliphatic heterocycles. The lowest BCUT2D eigenvalue weighted by molar-refractivity contribution is 0.0697. The zero-order valence-electron chi connectivity index (χ0n) is 16.3. The lowest BCUT2D eigenvalue weighted by atomic mass is 9.94. The van der Waals surface area contributed by atoms with Crippen LogP contribution >= 0.6 is 0 Å². The summed E-state index contributed by atoms with van der Waals surface area (Å²) in [6.45, 7) is 3.96. The average Bonchev–Trinajstić information content (AvgIpc) is 3.16. The van der Waals surface area contributed by atoms with Gasteiger partial charge in [0, 0.05) is 6.20 Å². The minimum atomic E-state index is -1.02. The maximum absolute atomic E-state index is 11.9. The van der Waals surface area contributed by atoms with E-state index in [2.05, 4.69) is 4.98 Å². The Morgan fingerprint density at radius 1 is 1.10 bits per heavy atom. The Morgan fingerprint density at radius 3 is 2.55 bits per heavy atom. The molecule has 0 fully saturated rings. The van der Waals surface area contributed by atoms with Gasteiger partial charge in [-0.25, -0.2) is 9.78 Å². The molecule has 1 unspecified atom stereocenters. The number of rotatable bonds is 5. The Balaban J connectivity index is 1.84. The van der Waals surface area contributed by atoms with E-state index >= 15 is 0 Å². The Morgan fingerprint density at radius 2 is 1.86 bits per heavy atom. The number of hydrogen-bond donors (Lipinski definition) is 2. The summed E-state index contributed by atoms with van der Waals surface area (Å²) in [5.74, 6) is -1.02. The predicted octanol–water partition coefficient (Wildman–Crippen LogP) is 4.65. The van der Waals surface area contributed by atoms with Crippen molar-refractivity contribution in [3.8, 4) is 11.1 Å². The molecule has 1 atom stereocenters. The number of aromatic nitrogens is 2. The second-order valence-electron chi connectivity index (χ2n) is 7.09. The van der Waals surface area contributed by atoms with Crippen LogP contribution in [0.3, 0.4) is 0 Å². The topological polar surface area (TPSA) is 74.8 Å². The molecule has 0 saturated carbocycles. The number of carbonyl (C=O) groups is 1. The van der Waals surface area contributed by atoms with Gasteiger partial charge in [-0.05, 0) is 47.7 Å². The first-order valence-electron chi connectivity index (χ1n) is 9.57. The summed E-state index contributed by atoms with van der Waals surface area (Å²) >= 11 is 0. The number of carboxylic acids is 1. The fraction of sp³-hybridized carbons (Fsp3) is 0.167. The van der Waals surface area contributed by atoms with Gasteiger partial charge in [-0.3, -0.25) is 0 Å². The molecule has 5 nitrogen and oxygen atoms in total. The summed E-state index contributed by atoms with van der Waals surface area (Å²) in [5, 5.41) is 20.9. The molecule has 2 heterocycles. The summed E-state index contributed by atoms with van der Waals surface area (Å²) in [7, 11) is 0. The SMILES string of the molecule is CCc1cn2c(C(O)c3ccc(-c4ccccc4)c(C(=O)O)c3)c(C)ccc2n1. The van der Waals surface area contributed by atoms with Gasteiger partial charge in [0.2, 0.25) is 0 Å². The molecule has 0 radical (unpaired) electrons. The highest BCUT2D eigenvalue weighted by Gasteiger charge is 2.21. The zero-order valence-corrected chi connectivity index (χ0v) is 16.3. The summed E-state index contributed by atoms with van der Waals surface area (Å²) in [4.78, 5) is 16.5. The van der Waals surface area contributed by atoms with Crippen molar-refractivity contribution in [1.29, 1.82) is 0 Å². The normalized spacial score (nSPS) is 12.2. The highest BCUT2D eigenvalue weighted by molar-refractivity contribution is 5.96. The maximum Gasteiger partial charge on any atom is 0.336 e. The molecule has 0 spiro atoms. The average molecular weight is 386 g/mol. The van der Waals surface area contributed by atoms with Gasteiger partial charge >= 0.3 is 5.97 Å². The largest absolute Gasteiger partial charge is 0.478 e. The molecule has 146 valence electrons. The Kier molecular flexibility index (Phi) is 4.91. The van der Waals surface area contributed by atoms with Crippen LogP contribution in [0.4, 0.5) is 0 Å². The standard InChI is InChI=1S/C24H22N2O3/c1-3-18-14-26-21(25-18)12-9-15(2)22(26)23(27)17-10-11-19(20(13-17)24(28)29)16-7-5-4-6-8-16/h4-14,23,27H,3H2,1-2H3,(H,28,29). The zero-order chi connectivity index (χ0) is 20.5. The van der Waals surface area contributed by atoms with E-state index in [1.165, 1.54) is 0 Å². The van der Waals surface area contributed by atoms with E-state index in [4.69, 9.17) is 0 Å². The number of hydrogen-bond acceptors (Lipinski definition) is 3. The number of aliphatic hydroxyl groups is 1. The molecule has 0 saturated heterocycles. The molecular weight excluding hydrogens is 364 g/mol. The number of imidazole rings is 1. The molecule has 2 N–H and O–H groups in total. The van der Waals surface area contributed by atoms with Gasteiger partial charge in [-0.1, -0.05) is 55.5 Å². The third-order valence-corrected chi connectivity index (χ3v) is 5.22. The first-order chi connectivity index (χ1) is 14.0. The van der Waals surface area contributed by atoms with Crippen LogP contribution in [0, 0.1) is 6.92 Å². The Hall–Kier alpha value is -3.44. The number of pyridine rings is 1. The van der Waals surface area contributed by atoms with Crippen molar-refractivity contribution < 1.29 is 15.0 Å². The van der Waals surface area contributed by atoms with E-state index in [1.54, 1.807) is 18.2 Å². The van der Waals surface area contributed by atoms with Gasteiger partial charge in [-0.15, -0.1) is 0 Å². The number of benzene rings is 2. The summed E-state index contributed by atoms with van der Waals surface area (Å²) < 4.78 is 1.89. The number of fused-ring (bicyclic) bond motifs is 1. The third-order valence-electron chi connectivity index (χ3n) is 5.22. The molecule has 2 aromatic heterocycles. The summed E-state index contributed by atoms with van der Waals surface area (Å²) in [6, 6.07) is 18.3. The van der Waals surface area contributed by atoms with E-state index in [1.807, 2.05) is 66.9 Å². The molecule has 2 aromatic carbocycles. The molecule has 5 heteroatoms. The van der Waals surface area contributed by atoms with Crippen molar-refractivity contribution in [2.45, 2.75) is 26.4 Å². The lowest BCUT2D eigenvalue weighted by Gasteiger charge is -2.18. The van der Waals surface area contributed by atoms with E-state index < -0.39 is 12.1 Å². The number of carboxylic acid groups (broad SMARTS) is 1. The molecular formula is C24H22N2O3. The number of aliphatic hydroxyl groups excluding tert-OH is 1.